The summed E-state index contributed by atoms with van der Waals surface area (Å²) in [5.41, 5.74) is -0.256. The Morgan fingerprint density at radius 1 is 1.02 bits per heavy atom. The van der Waals surface area contributed by atoms with Crippen LogP contribution >= 0.6 is 0 Å². The summed E-state index contributed by atoms with van der Waals surface area (Å²) in [4.78, 5) is 63.4. The van der Waals surface area contributed by atoms with Gasteiger partial charge in [0.2, 0.25) is 21.8 Å². The Morgan fingerprint density at radius 2 is 1.81 bits per heavy atom. The lowest BCUT2D eigenvalue weighted by Gasteiger charge is -2.37. The molecule has 3 aliphatic heterocycles. The number of hydrogen-bond donors (Lipinski definition) is 3. The highest BCUT2D eigenvalue weighted by atomic mass is 32.2. The fourth-order valence-corrected chi connectivity index (χ4v) is 10.3. The Labute approximate surface area is 333 Å². The van der Waals surface area contributed by atoms with Crippen LogP contribution in [0.4, 0.5) is 4.79 Å². The number of benzene rings is 1. The SMILES string of the molecule is COc1ccc2nc(C3CC3)c3c(c2c1)CCC1(CC2C(=O)NC4(C(=O)NS(=O)(=O)C5(C)CC5)CC4C=CCCCCCC(NC(=O)OC4(C)CC4)C(=O)N2C1)O3. The number of ether oxygens (including phenoxy) is 3. The largest absolute Gasteiger partial charge is 0.497 e. The van der Waals surface area contributed by atoms with Crippen LogP contribution in [0.5, 0.6) is 11.5 Å². The molecule has 57 heavy (non-hydrogen) atoms. The maximum atomic E-state index is 14.9. The number of nitrogens with zero attached hydrogens (tertiary/aromatic N) is 2. The van der Waals surface area contributed by atoms with Gasteiger partial charge in [-0.1, -0.05) is 25.0 Å². The van der Waals surface area contributed by atoms with Crippen molar-refractivity contribution < 1.29 is 41.8 Å². The summed E-state index contributed by atoms with van der Waals surface area (Å²) in [5, 5.41) is 6.77. The van der Waals surface area contributed by atoms with E-state index in [-0.39, 0.29) is 25.3 Å². The molecule has 9 rings (SSSR count). The first kappa shape index (κ1) is 38.1. The van der Waals surface area contributed by atoms with Gasteiger partial charge in [-0.3, -0.25) is 19.1 Å². The van der Waals surface area contributed by atoms with Crippen molar-refractivity contribution in [1.82, 2.24) is 25.2 Å². The number of aryl methyl sites for hydroxylation is 1. The third-order valence-corrected chi connectivity index (χ3v) is 15.7. The van der Waals surface area contributed by atoms with Crippen LogP contribution in [-0.2, 0) is 35.6 Å². The van der Waals surface area contributed by atoms with Crippen molar-refractivity contribution in [3.63, 3.8) is 0 Å². The zero-order chi connectivity index (χ0) is 40.0. The highest BCUT2D eigenvalue weighted by Gasteiger charge is 2.64. The molecular formula is C42H53N5O9S. The van der Waals surface area contributed by atoms with Gasteiger partial charge in [0.1, 0.15) is 40.3 Å². The number of aromatic nitrogens is 1. The highest BCUT2D eigenvalue weighted by Crippen LogP contribution is 2.52. The minimum absolute atomic E-state index is 0.0732. The van der Waals surface area contributed by atoms with Gasteiger partial charge in [-0.2, -0.15) is 0 Å². The van der Waals surface area contributed by atoms with E-state index in [0.29, 0.717) is 56.4 Å². The van der Waals surface area contributed by atoms with Gasteiger partial charge >= 0.3 is 6.09 Å². The normalized spacial score (nSPS) is 31.4. The smallest absolute Gasteiger partial charge is 0.408 e. The number of alkyl carbamates (subject to hydrolysis) is 1. The number of amides is 4. The number of carbonyl (C=O) groups is 4. The summed E-state index contributed by atoms with van der Waals surface area (Å²) in [5.74, 6) is -0.535. The summed E-state index contributed by atoms with van der Waals surface area (Å²) in [7, 11) is -2.36. The molecule has 306 valence electrons. The summed E-state index contributed by atoms with van der Waals surface area (Å²) in [6.45, 7) is 3.54. The van der Waals surface area contributed by atoms with Gasteiger partial charge in [-0.15, -0.1) is 0 Å². The number of sulfonamides is 1. The van der Waals surface area contributed by atoms with Gasteiger partial charge in [0.25, 0.3) is 5.91 Å². The van der Waals surface area contributed by atoms with Crippen LogP contribution in [0.25, 0.3) is 10.9 Å². The Balaban J connectivity index is 1.06. The zero-order valence-corrected chi connectivity index (χ0v) is 33.8. The van der Waals surface area contributed by atoms with Crippen LogP contribution in [-0.4, -0.2) is 89.3 Å². The summed E-state index contributed by atoms with van der Waals surface area (Å²) in [6.07, 6.45) is 12.4. The Bertz CT molecular complexity index is 2180. The second kappa shape index (κ2) is 13.6. The van der Waals surface area contributed by atoms with Crippen LogP contribution in [0.2, 0.25) is 0 Å². The summed E-state index contributed by atoms with van der Waals surface area (Å²) in [6, 6.07) is 3.80. The van der Waals surface area contributed by atoms with E-state index in [1.165, 1.54) is 4.90 Å². The number of carbonyl (C=O) groups excluding carboxylic acids is 4. The third-order valence-electron chi connectivity index (χ3n) is 13.6. The minimum atomic E-state index is -3.99. The van der Waals surface area contributed by atoms with E-state index in [1.54, 1.807) is 14.0 Å². The molecule has 4 amide bonds. The first-order valence-corrected chi connectivity index (χ1v) is 22.2. The molecule has 5 fully saturated rings. The molecule has 4 saturated carbocycles. The predicted molar refractivity (Wildman–Crippen MR) is 209 cm³/mol. The lowest BCUT2D eigenvalue weighted by atomic mass is 9.86. The molecule has 1 saturated heterocycles. The average Bonchev–Trinajstić information content (AvgIpc) is 4.00. The monoisotopic (exact) mass is 803 g/mol. The number of hydrogen-bond acceptors (Lipinski definition) is 10. The molecule has 14 nitrogen and oxygen atoms in total. The van der Waals surface area contributed by atoms with Crippen LogP contribution in [0.3, 0.4) is 0 Å². The molecule has 4 heterocycles. The quantitative estimate of drug-likeness (QED) is 0.328. The Morgan fingerprint density at radius 3 is 2.53 bits per heavy atom. The maximum Gasteiger partial charge on any atom is 0.408 e. The molecule has 3 N–H and O–H groups in total. The van der Waals surface area contributed by atoms with Gasteiger partial charge in [0.15, 0.2) is 0 Å². The van der Waals surface area contributed by atoms with Crippen molar-refractivity contribution >= 4 is 44.7 Å². The standard InChI is InChI=1S/C42H53N5O9S/c1-39(17-18-39)56-38(51)44-31-10-8-6-4-5-7-9-26-22-42(26,37(50)46-57(52,53)40(2)19-20-40)45-35(48)32-23-41(24-47(32)36(31)49)16-15-28-29-21-27(54-3)13-14-30(29)43-33(25-11-12-25)34(28)55-41/h7,9,13-14,21,25-26,31-32H,4-6,8,10-12,15-20,22-24H2,1-3H3,(H,44,51)(H,45,48)(H,46,50). The summed E-state index contributed by atoms with van der Waals surface area (Å²) < 4.78 is 46.1. The van der Waals surface area contributed by atoms with Gasteiger partial charge in [-0.25, -0.2) is 18.2 Å². The number of fused-ring (bicyclic) bond motifs is 5. The molecule has 15 heteroatoms. The molecule has 5 unspecified atom stereocenters. The fraction of sp³-hybridized carbons (Fsp3) is 0.643. The van der Waals surface area contributed by atoms with E-state index >= 15 is 0 Å². The number of pyridine rings is 1. The van der Waals surface area contributed by atoms with Gasteiger partial charge in [-0.05, 0) is 109 Å². The van der Waals surface area contributed by atoms with E-state index in [2.05, 4.69) is 15.4 Å². The molecule has 1 spiro atoms. The van der Waals surface area contributed by atoms with Gasteiger partial charge in [0, 0.05) is 29.2 Å². The van der Waals surface area contributed by atoms with Crippen LogP contribution < -0.4 is 24.8 Å². The van der Waals surface area contributed by atoms with Crippen molar-refractivity contribution in [1.29, 1.82) is 0 Å². The van der Waals surface area contributed by atoms with Crippen molar-refractivity contribution in [3.05, 3.63) is 41.6 Å². The lowest BCUT2D eigenvalue weighted by molar-refractivity contribution is -0.141. The lowest BCUT2D eigenvalue weighted by Crippen LogP contribution is -2.58. The number of rotatable bonds is 7. The third kappa shape index (κ3) is 7.11. The highest BCUT2D eigenvalue weighted by molar-refractivity contribution is 7.91. The van der Waals surface area contributed by atoms with E-state index < -0.39 is 73.3 Å². The molecule has 1 aromatic heterocycles. The van der Waals surface area contributed by atoms with E-state index in [1.807, 2.05) is 37.3 Å². The second-order valence-corrected chi connectivity index (χ2v) is 20.4. The first-order chi connectivity index (χ1) is 27.2. The number of methoxy groups -OCH3 is 1. The summed E-state index contributed by atoms with van der Waals surface area (Å²) >= 11 is 0. The second-order valence-electron chi connectivity index (χ2n) is 18.2. The zero-order valence-electron chi connectivity index (χ0n) is 33.0. The molecular weight excluding hydrogens is 751 g/mol. The van der Waals surface area contributed by atoms with Crippen molar-refractivity contribution in [2.75, 3.05) is 13.7 Å². The average molecular weight is 804 g/mol. The van der Waals surface area contributed by atoms with E-state index in [4.69, 9.17) is 19.2 Å². The van der Waals surface area contributed by atoms with Crippen molar-refractivity contribution in [2.24, 2.45) is 5.92 Å². The van der Waals surface area contributed by atoms with Gasteiger partial charge in [0.05, 0.1) is 29.6 Å². The number of allylic oxidation sites excluding steroid dienone is 1. The Kier molecular flexibility index (Phi) is 9.09. The van der Waals surface area contributed by atoms with Crippen molar-refractivity contribution in [2.45, 2.75) is 150 Å². The number of nitrogens with one attached hydrogen (secondary N) is 3. The minimum Gasteiger partial charge on any atom is -0.497 e. The van der Waals surface area contributed by atoms with Crippen LogP contribution in [0, 0.1) is 5.92 Å². The van der Waals surface area contributed by atoms with Crippen molar-refractivity contribution in [3.8, 4) is 11.5 Å². The predicted octanol–water partition coefficient (Wildman–Crippen LogP) is 4.83. The molecule has 2 aromatic rings. The Hall–Kier alpha value is -4.40. The molecule has 5 atom stereocenters. The topological polar surface area (TPSA) is 182 Å². The van der Waals surface area contributed by atoms with Crippen LogP contribution in [0.15, 0.2) is 30.4 Å². The van der Waals surface area contributed by atoms with E-state index in [9.17, 15) is 27.6 Å². The molecule has 4 aliphatic carbocycles. The van der Waals surface area contributed by atoms with Crippen LogP contribution in [0.1, 0.15) is 121 Å². The fourth-order valence-electron chi connectivity index (χ4n) is 8.97. The molecule has 1 aromatic carbocycles. The van der Waals surface area contributed by atoms with E-state index in [0.717, 1.165) is 60.7 Å². The first-order valence-electron chi connectivity index (χ1n) is 20.7. The maximum absolute atomic E-state index is 14.9. The molecule has 0 radical (unpaired) electrons. The molecule has 0 bridgehead atoms. The van der Waals surface area contributed by atoms with Gasteiger partial charge < -0.3 is 29.7 Å². The molecule has 7 aliphatic rings.